The lowest BCUT2D eigenvalue weighted by molar-refractivity contribution is -0.118. The van der Waals surface area contributed by atoms with Crippen LogP contribution in [-0.2, 0) is 11.4 Å². The van der Waals surface area contributed by atoms with E-state index in [1.807, 2.05) is 60.7 Å². The van der Waals surface area contributed by atoms with E-state index >= 15 is 0 Å². The Morgan fingerprint density at radius 1 is 0.971 bits per heavy atom. The SMILES string of the molecule is C[C@H](C(N)=O)N(c1ccc(OCc2ccccc2)cc1)c1nc(N)c(C(=O)c2ccccc2)s1. The van der Waals surface area contributed by atoms with Gasteiger partial charge < -0.3 is 21.1 Å². The minimum absolute atomic E-state index is 0.110. The molecule has 0 aliphatic carbocycles. The highest BCUT2D eigenvalue weighted by molar-refractivity contribution is 7.18. The van der Waals surface area contributed by atoms with Crippen LogP contribution in [0.4, 0.5) is 16.6 Å². The van der Waals surface area contributed by atoms with Crippen molar-refractivity contribution in [1.82, 2.24) is 4.98 Å². The molecular weight excluding hydrogens is 448 g/mol. The van der Waals surface area contributed by atoms with Crippen molar-refractivity contribution in [1.29, 1.82) is 0 Å². The summed E-state index contributed by atoms with van der Waals surface area (Å²) >= 11 is 1.12. The number of carbonyl (C=O) groups is 2. The molecule has 1 amide bonds. The van der Waals surface area contributed by atoms with Crippen molar-refractivity contribution in [3.05, 3.63) is 101 Å². The van der Waals surface area contributed by atoms with Gasteiger partial charge in [-0.05, 0) is 36.8 Å². The fraction of sp³-hybridized carbons (Fsp3) is 0.115. The molecule has 0 aliphatic rings. The quantitative estimate of drug-likeness (QED) is 0.346. The van der Waals surface area contributed by atoms with Gasteiger partial charge in [0.1, 0.15) is 29.1 Å². The Labute approximate surface area is 201 Å². The number of primary amides is 1. The van der Waals surface area contributed by atoms with Crippen LogP contribution in [0.3, 0.4) is 0 Å². The average molecular weight is 473 g/mol. The first-order valence-corrected chi connectivity index (χ1v) is 11.5. The Balaban J connectivity index is 1.60. The summed E-state index contributed by atoms with van der Waals surface area (Å²) in [4.78, 5) is 31.4. The molecule has 0 bridgehead atoms. The third-order valence-electron chi connectivity index (χ3n) is 5.25. The summed E-state index contributed by atoms with van der Waals surface area (Å²) in [6.07, 6.45) is 0. The first-order valence-electron chi connectivity index (χ1n) is 10.7. The molecule has 0 spiro atoms. The lowest BCUT2D eigenvalue weighted by Crippen LogP contribution is -2.39. The van der Waals surface area contributed by atoms with Crippen molar-refractivity contribution < 1.29 is 14.3 Å². The smallest absolute Gasteiger partial charge is 0.240 e. The van der Waals surface area contributed by atoms with Gasteiger partial charge >= 0.3 is 0 Å². The van der Waals surface area contributed by atoms with E-state index in [9.17, 15) is 9.59 Å². The first kappa shape index (κ1) is 23.0. The van der Waals surface area contributed by atoms with Crippen LogP contribution >= 0.6 is 11.3 Å². The number of ketones is 1. The average Bonchev–Trinajstić information content (AvgIpc) is 3.25. The van der Waals surface area contributed by atoms with E-state index in [2.05, 4.69) is 4.98 Å². The predicted molar refractivity (Wildman–Crippen MR) is 134 cm³/mol. The molecule has 0 saturated carbocycles. The number of amides is 1. The minimum atomic E-state index is -0.721. The number of ether oxygens (including phenoxy) is 1. The van der Waals surface area contributed by atoms with E-state index < -0.39 is 11.9 Å². The van der Waals surface area contributed by atoms with Gasteiger partial charge in [-0.25, -0.2) is 4.98 Å². The number of carbonyl (C=O) groups excluding carboxylic acids is 2. The number of anilines is 3. The van der Waals surface area contributed by atoms with Gasteiger partial charge in [-0.15, -0.1) is 0 Å². The largest absolute Gasteiger partial charge is 0.489 e. The third-order valence-corrected chi connectivity index (χ3v) is 6.32. The summed E-state index contributed by atoms with van der Waals surface area (Å²) in [7, 11) is 0. The van der Waals surface area contributed by atoms with Gasteiger partial charge in [0.25, 0.3) is 0 Å². The predicted octanol–water partition coefficient (Wildman–Crippen LogP) is 4.55. The van der Waals surface area contributed by atoms with Crippen molar-refractivity contribution >= 4 is 39.7 Å². The molecule has 8 heteroatoms. The van der Waals surface area contributed by atoms with E-state index in [0.717, 1.165) is 16.9 Å². The summed E-state index contributed by atoms with van der Waals surface area (Å²) in [5.74, 6) is 0.0310. The zero-order valence-electron chi connectivity index (χ0n) is 18.5. The highest BCUT2D eigenvalue weighted by atomic mass is 32.1. The summed E-state index contributed by atoms with van der Waals surface area (Å²) in [6.45, 7) is 2.12. The Morgan fingerprint density at radius 3 is 2.21 bits per heavy atom. The second-order valence-corrected chi connectivity index (χ2v) is 8.60. The maximum absolute atomic E-state index is 12.9. The van der Waals surface area contributed by atoms with Crippen molar-refractivity contribution in [2.24, 2.45) is 5.73 Å². The molecule has 0 aliphatic heterocycles. The number of benzene rings is 3. The summed E-state index contributed by atoms with van der Waals surface area (Å²) in [5.41, 5.74) is 14.0. The molecule has 1 aromatic heterocycles. The Bertz CT molecular complexity index is 1270. The molecule has 3 aromatic carbocycles. The van der Waals surface area contributed by atoms with E-state index in [4.69, 9.17) is 16.2 Å². The van der Waals surface area contributed by atoms with Gasteiger partial charge in [0.15, 0.2) is 5.13 Å². The zero-order valence-corrected chi connectivity index (χ0v) is 19.4. The van der Waals surface area contributed by atoms with E-state index in [1.165, 1.54) is 0 Å². The Kier molecular flexibility index (Phi) is 6.89. The first-order chi connectivity index (χ1) is 16.4. The molecule has 1 atom stereocenters. The molecule has 0 radical (unpaired) electrons. The van der Waals surface area contributed by atoms with Gasteiger partial charge in [0.05, 0.1) is 0 Å². The van der Waals surface area contributed by atoms with Crippen molar-refractivity contribution in [2.75, 3.05) is 10.6 Å². The van der Waals surface area contributed by atoms with E-state index in [1.54, 1.807) is 36.1 Å². The molecule has 1 heterocycles. The highest BCUT2D eigenvalue weighted by Gasteiger charge is 2.27. The molecule has 0 saturated heterocycles. The number of nitrogen functional groups attached to an aromatic ring is 1. The van der Waals surface area contributed by atoms with Crippen molar-refractivity contribution in [3.63, 3.8) is 0 Å². The van der Waals surface area contributed by atoms with Crippen LogP contribution < -0.4 is 21.1 Å². The molecule has 7 nitrogen and oxygen atoms in total. The number of rotatable bonds is 9. The van der Waals surface area contributed by atoms with Crippen molar-refractivity contribution in [2.45, 2.75) is 19.6 Å². The summed E-state index contributed by atoms with van der Waals surface area (Å²) in [5, 5.41) is 0.404. The van der Waals surface area contributed by atoms with Crippen LogP contribution in [0.5, 0.6) is 5.75 Å². The molecule has 0 fully saturated rings. The molecule has 4 rings (SSSR count). The molecular formula is C26H24N4O3S. The molecule has 172 valence electrons. The number of hydrogen-bond donors (Lipinski definition) is 2. The lowest BCUT2D eigenvalue weighted by Gasteiger charge is -2.26. The topological polar surface area (TPSA) is 112 Å². The van der Waals surface area contributed by atoms with Gasteiger partial charge in [-0.3, -0.25) is 9.59 Å². The van der Waals surface area contributed by atoms with Gasteiger partial charge in [0, 0.05) is 11.3 Å². The maximum atomic E-state index is 12.9. The number of nitrogens with zero attached hydrogens (tertiary/aromatic N) is 2. The van der Waals surface area contributed by atoms with Crippen LogP contribution in [0.1, 0.15) is 27.7 Å². The zero-order chi connectivity index (χ0) is 24.1. The number of thiazole rings is 1. The number of hydrogen-bond acceptors (Lipinski definition) is 7. The standard InChI is InChI=1S/C26H24N4O3S/c1-17(25(28)32)30(20-12-14-21(15-13-20)33-16-18-8-4-2-5-9-18)26-29-24(27)23(34-26)22(31)19-10-6-3-7-11-19/h2-15,17H,16,27H2,1H3,(H2,28,32)/t17-/m1/s1. The Morgan fingerprint density at radius 2 is 1.59 bits per heavy atom. The van der Waals surface area contributed by atoms with E-state index in [-0.39, 0.29) is 11.6 Å². The highest BCUT2D eigenvalue weighted by Crippen LogP contribution is 2.36. The fourth-order valence-electron chi connectivity index (χ4n) is 3.38. The second kappa shape index (κ2) is 10.2. The van der Waals surface area contributed by atoms with Gasteiger partial charge in [-0.2, -0.15) is 0 Å². The fourth-order valence-corrected chi connectivity index (χ4v) is 4.43. The third kappa shape index (κ3) is 5.07. The monoisotopic (exact) mass is 472 g/mol. The van der Waals surface area contributed by atoms with Crippen molar-refractivity contribution in [3.8, 4) is 5.75 Å². The maximum Gasteiger partial charge on any atom is 0.240 e. The van der Waals surface area contributed by atoms with Crippen LogP contribution in [0.2, 0.25) is 0 Å². The van der Waals surface area contributed by atoms with Crippen LogP contribution in [0, 0.1) is 0 Å². The molecule has 4 N–H and O–H groups in total. The van der Waals surface area contributed by atoms with Crippen LogP contribution in [0.25, 0.3) is 0 Å². The summed E-state index contributed by atoms with van der Waals surface area (Å²) < 4.78 is 5.86. The number of nitrogens with two attached hydrogens (primary N) is 2. The molecule has 34 heavy (non-hydrogen) atoms. The van der Waals surface area contributed by atoms with E-state index in [0.29, 0.717) is 33.6 Å². The van der Waals surface area contributed by atoms with Gasteiger partial charge in [0.2, 0.25) is 11.7 Å². The lowest BCUT2D eigenvalue weighted by atomic mass is 10.1. The van der Waals surface area contributed by atoms with Crippen LogP contribution in [-0.4, -0.2) is 22.7 Å². The van der Waals surface area contributed by atoms with Gasteiger partial charge in [-0.1, -0.05) is 72.0 Å². The molecule has 0 unspecified atom stereocenters. The second-order valence-electron chi connectivity index (χ2n) is 7.62. The van der Waals surface area contributed by atoms with Crippen LogP contribution in [0.15, 0.2) is 84.9 Å². The Hall–Kier alpha value is -4.17. The minimum Gasteiger partial charge on any atom is -0.489 e. The summed E-state index contributed by atoms with van der Waals surface area (Å²) in [6, 6.07) is 25.2. The number of aromatic nitrogens is 1. The molecule has 4 aromatic rings. The normalized spacial score (nSPS) is 11.6.